The Morgan fingerprint density at radius 3 is 2.96 bits per heavy atom. The molecule has 132 valence electrons. The van der Waals surface area contributed by atoms with Crippen molar-refractivity contribution in [1.29, 1.82) is 0 Å². The van der Waals surface area contributed by atoms with Crippen LogP contribution in [-0.2, 0) is 17.6 Å². The van der Waals surface area contributed by atoms with Crippen molar-refractivity contribution in [1.82, 2.24) is 15.1 Å². The molecule has 1 aromatic carbocycles. The standard InChI is InChI=1S/C17H18FN3O3S/c18-11-3-1-4-12(9-11)21-14-6-2-5-13(14)16(20-21)17(24)19-7-8-25-10-15(22)23/h1,3-4,9H,2,5-8,10H2,(H,19,24)(H,22,23). The first-order valence-electron chi connectivity index (χ1n) is 8.00. The molecule has 0 bridgehead atoms. The van der Waals surface area contributed by atoms with Crippen molar-refractivity contribution < 1.29 is 19.1 Å². The monoisotopic (exact) mass is 363 g/mol. The van der Waals surface area contributed by atoms with E-state index in [1.807, 2.05) is 0 Å². The lowest BCUT2D eigenvalue weighted by Gasteiger charge is -2.05. The third-order valence-corrected chi connectivity index (χ3v) is 4.90. The quantitative estimate of drug-likeness (QED) is 0.736. The summed E-state index contributed by atoms with van der Waals surface area (Å²) in [5.41, 5.74) is 2.85. The molecule has 1 amide bonds. The SMILES string of the molecule is O=C(O)CSCCNC(=O)c1nn(-c2cccc(F)c2)c2c1CCC2. The first-order valence-corrected chi connectivity index (χ1v) is 9.16. The average Bonchev–Trinajstić information content (AvgIpc) is 3.16. The number of thioether (sulfide) groups is 1. The Bertz CT molecular complexity index is 806. The molecule has 1 aromatic heterocycles. The van der Waals surface area contributed by atoms with Crippen LogP contribution in [0.4, 0.5) is 4.39 Å². The lowest BCUT2D eigenvalue weighted by atomic mass is 10.2. The fourth-order valence-electron chi connectivity index (χ4n) is 2.92. The van der Waals surface area contributed by atoms with Crippen LogP contribution in [0.15, 0.2) is 24.3 Å². The molecule has 0 unspecified atom stereocenters. The number of nitrogens with zero attached hydrogens (tertiary/aromatic N) is 2. The van der Waals surface area contributed by atoms with E-state index in [0.29, 0.717) is 23.7 Å². The highest BCUT2D eigenvalue weighted by molar-refractivity contribution is 7.99. The van der Waals surface area contributed by atoms with Gasteiger partial charge in [-0.1, -0.05) is 6.07 Å². The van der Waals surface area contributed by atoms with Gasteiger partial charge in [0.15, 0.2) is 5.69 Å². The van der Waals surface area contributed by atoms with Crippen molar-refractivity contribution >= 4 is 23.6 Å². The number of benzene rings is 1. The highest BCUT2D eigenvalue weighted by Crippen LogP contribution is 2.28. The zero-order valence-electron chi connectivity index (χ0n) is 13.5. The number of carbonyl (C=O) groups is 2. The van der Waals surface area contributed by atoms with Gasteiger partial charge in [-0.3, -0.25) is 9.59 Å². The Morgan fingerprint density at radius 1 is 1.36 bits per heavy atom. The predicted octanol–water partition coefficient (Wildman–Crippen LogP) is 2.05. The topological polar surface area (TPSA) is 84.2 Å². The van der Waals surface area contributed by atoms with E-state index in [4.69, 9.17) is 5.11 Å². The van der Waals surface area contributed by atoms with E-state index in [1.165, 1.54) is 23.9 Å². The van der Waals surface area contributed by atoms with Crippen molar-refractivity contribution in [2.45, 2.75) is 19.3 Å². The lowest BCUT2D eigenvalue weighted by molar-refractivity contribution is -0.133. The van der Waals surface area contributed by atoms with Gasteiger partial charge in [-0.2, -0.15) is 5.10 Å². The fourth-order valence-corrected chi connectivity index (χ4v) is 3.49. The first kappa shape index (κ1) is 17.5. The van der Waals surface area contributed by atoms with E-state index in [-0.39, 0.29) is 17.5 Å². The Kier molecular flexibility index (Phi) is 5.37. The molecule has 0 saturated carbocycles. The molecule has 3 rings (SSSR count). The number of fused-ring (bicyclic) bond motifs is 1. The highest BCUT2D eigenvalue weighted by atomic mass is 32.2. The van der Waals surface area contributed by atoms with E-state index < -0.39 is 5.97 Å². The molecule has 6 nitrogen and oxygen atoms in total. The van der Waals surface area contributed by atoms with Gasteiger partial charge in [-0.25, -0.2) is 9.07 Å². The Hall–Kier alpha value is -2.35. The molecule has 0 atom stereocenters. The Morgan fingerprint density at radius 2 is 2.20 bits per heavy atom. The fraction of sp³-hybridized carbons (Fsp3) is 0.353. The maximum absolute atomic E-state index is 13.5. The van der Waals surface area contributed by atoms with E-state index in [1.54, 1.807) is 16.8 Å². The van der Waals surface area contributed by atoms with Crippen LogP contribution in [-0.4, -0.2) is 44.8 Å². The van der Waals surface area contributed by atoms with E-state index >= 15 is 0 Å². The maximum atomic E-state index is 13.5. The largest absolute Gasteiger partial charge is 0.481 e. The molecule has 2 aromatic rings. The van der Waals surface area contributed by atoms with Gasteiger partial charge in [0.25, 0.3) is 5.91 Å². The number of nitrogens with one attached hydrogen (secondary N) is 1. The van der Waals surface area contributed by atoms with Crippen molar-refractivity contribution in [2.24, 2.45) is 0 Å². The Labute approximate surface area is 148 Å². The number of hydrogen-bond donors (Lipinski definition) is 2. The van der Waals surface area contributed by atoms with Crippen molar-refractivity contribution in [3.05, 3.63) is 47.0 Å². The van der Waals surface area contributed by atoms with Crippen LogP contribution in [0.2, 0.25) is 0 Å². The molecule has 1 aliphatic rings. The molecule has 1 aliphatic carbocycles. The van der Waals surface area contributed by atoms with Crippen molar-refractivity contribution in [2.75, 3.05) is 18.1 Å². The number of aromatic nitrogens is 2. The number of carboxylic acid groups (broad SMARTS) is 1. The van der Waals surface area contributed by atoms with E-state index in [2.05, 4.69) is 10.4 Å². The van der Waals surface area contributed by atoms with Gasteiger partial charge in [0.1, 0.15) is 5.82 Å². The number of rotatable bonds is 7. The summed E-state index contributed by atoms with van der Waals surface area (Å²) in [5, 5.41) is 15.8. The smallest absolute Gasteiger partial charge is 0.313 e. The summed E-state index contributed by atoms with van der Waals surface area (Å²) in [6, 6.07) is 6.15. The van der Waals surface area contributed by atoms with Gasteiger partial charge < -0.3 is 10.4 Å². The van der Waals surface area contributed by atoms with E-state index in [0.717, 1.165) is 30.5 Å². The van der Waals surface area contributed by atoms with Gasteiger partial charge in [0.05, 0.1) is 11.4 Å². The van der Waals surface area contributed by atoms with Crippen LogP contribution < -0.4 is 5.32 Å². The molecule has 8 heteroatoms. The lowest BCUT2D eigenvalue weighted by Crippen LogP contribution is -2.27. The molecule has 25 heavy (non-hydrogen) atoms. The molecule has 0 aliphatic heterocycles. The molecular weight excluding hydrogens is 345 g/mol. The zero-order chi connectivity index (χ0) is 17.8. The first-order chi connectivity index (χ1) is 12.1. The van der Waals surface area contributed by atoms with Crippen LogP contribution in [0.1, 0.15) is 28.2 Å². The van der Waals surface area contributed by atoms with Gasteiger partial charge in [-0.15, -0.1) is 11.8 Å². The third-order valence-electron chi connectivity index (χ3n) is 3.96. The molecule has 0 fully saturated rings. The molecule has 1 heterocycles. The highest BCUT2D eigenvalue weighted by Gasteiger charge is 2.26. The summed E-state index contributed by atoms with van der Waals surface area (Å²) in [6.45, 7) is 0.373. The summed E-state index contributed by atoms with van der Waals surface area (Å²) in [7, 11) is 0. The van der Waals surface area contributed by atoms with Crippen LogP contribution in [0.25, 0.3) is 5.69 Å². The number of halogens is 1. The summed E-state index contributed by atoms with van der Waals surface area (Å²) in [6.07, 6.45) is 2.53. The molecule has 0 saturated heterocycles. The van der Waals surface area contributed by atoms with Crippen molar-refractivity contribution in [3.63, 3.8) is 0 Å². The summed E-state index contributed by atoms with van der Waals surface area (Å²) in [4.78, 5) is 22.9. The van der Waals surface area contributed by atoms with Crippen LogP contribution in [0.3, 0.4) is 0 Å². The summed E-state index contributed by atoms with van der Waals surface area (Å²) >= 11 is 1.25. The summed E-state index contributed by atoms with van der Waals surface area (Å²) < 4.78 is 15.2. The normalized spacial score (nSPS) is 12.8. The minimum Gasteiger partial charge on any atom is -0.481 e. The molecule has 0 spiro atoms. The molecular formula is C17H18FN3O3S. The van der Waals surface area contributed by atoms with Crippen LogP contribution in [0, 0.1) is 5.82 Å². The molecule has 0 radical (unpaired) electrons. The van der Waals surface area contributed by atoms with Gasteiger partial charge >= 0.3 is 5.97 Å². The number of hydrogen-bond acceptors (Lipinski definition) is 4. The van der Waals surface area contributed by atoms with Crippen molar-refractivity contribution in [3.8, 4) is 5.69 Å². The second-order valence-electron chi connectivity index (χ2n) is 5.72. The number of carboxylic acids is 1. The van der Waals surface area contributed by atoms with Gasteiger partial charge in [0, 0.05) is 23.6 Å². The predicted molar refractivity (Wildman–Crippen MR) is 92.8 cm³/mol. The number of amides is 1. The van der Waals surface area contributed by atoms with E-state index in [9.17, 15) is 14.0 Å². The minimum absolute atomic E-state index is 0.0134. The zero-order valence-corrected chi connectivity index (χ0v) is 14.3. The maximum Gasteiger partial charge on any atom is 0.313 e. The number of aliphatic carboxylic acids is 1. The van der Waals surface area contributed by atoms with Gasteiger partial charge in [-0.05, 0) is 37.5 Å². The summed E-state index contributed by atoms with van der Waals surface area (Å²) in [5.74, 6) is -0.960. The second kappa shape index (κ2) is 7.69. The number of carbonyl (C=O) groups excluding carboxylic acids is 1. The molecule has 2 N–H and O–H groups in total. The third kappa shape index (κ3) is 4.01. The van der Waals surface area contributed by atoms with Crippen LogP contribution in [0.5, 0.6) is 0 Å². The van der Waals surface area contributed by atoms with Crippen LogP contribution >= 0.6 is 11.8 Å². The minimum atomic E-state index is -0.872. The average molecular weight is 363 g/mol. The van der Waals surface area contributed by atoms with Gasteiger partial charge in [0.2, 0.25) is 0 Å². The Balaban J connectivity index is 1.73. The second-order valence-corrected chi connectivity index (χ2v) is 6.83.